The lowest BCUT2D eigenvalue weighted by molar-refractivity contribution is 0.254. The topological polar surface area (TPSA) is 61.4 Å². The van der Waals surface area contributed by atoms with Gasteiger partial charge in [-0.15, -0.1) is 0 Å². The molecule has 0 aromatic heterocycles. The molecule has 0 unspecified atom stereocenters. The molecule has 0 radical (unpaired) electrons. The zero-order valence-corrected chi connectivity index (χ0v) is 6.66. The third kappa shape index (κ3) is 2.16. The Morgan fingerprint density at radius 3 is 2.42 bits per heavy atom. The number of phenols is 1. The monoisotopic (exact) mass is 166 g/mol. The number of phenolic OH excluding ortho intramolecular Hbond substituents is 1. The van der Waals surface area contributed by atoms with Crippen LogP contribution in [0.2, 0.25) is 0 Å². The van der Waals surface area contributed by atoms with Crippen molar-refractivity contribution in [3.63, 3.8) is 0 Å². The van der Waals surface area contributed by atoms with Crippen LogP contribution in [0.5, 0.6) is 5.75 Å². The Balaban J connectivity index is 2.64. The van der Waals surface area contributed by atoms with E-state index in [0.717, 1.165) is 0 Å². The van der Waals surface area contributed by atoms with E-state index in [-0.39, 0.29) is 11.8 Å². The highest BCUT2D eigenvalue weighted by Gasteiger charge is 1.96. The van der Waals surface area contributed by atoms with Crippen molar-refractivity contribution < 1.29 is 9.90 Å². The van der Waals surface area contributed by atoms with Gasteiger partial charge in [-0.3, -0.25) is 0 Å². The number of hydrogen-bond donors (Lipinski definition) is 3. The summed E-state index contributed by atoms with van der Waals surface area (Å²) in [5.74, 6) is 0.178. The quantitative estimate of drug-likeness (QED) is 0.548. The van der Waals surface area contributed by atoms with Crippen molar-refractivity contribution >= 4 is 11.7 Å². The summed E-state index contributed by atoms with van der Waals surface area (Å²) in [6, 6.07) is 5.96. The molecule has 0 spiro atoms. The number of benzene rings is 1. The number of nitrogens with one attached hydrogen (secondary N) is 2. The summed E-state index contributed by atoms with van der Waals surface area (Å²) in [5.41, 5.74) is 0.646. The molecule has 0 bridgehead atoms. The fraction of sp³-hybridized carbons (Fsp3) is 0.125. The second-order valence-electron chi connectivity index (χ2n) is 2.25. The van der Waals surface area contributed by atoms with E-state index in [4.69, 9.17) is 5.11 Å². The molecule has 1 rings (SSSR count). The van der Waals surface area contributed by atoms with E-state index < -0.39 is 0 Å². The van der Waals surface area contributed by atoms with Gasteiger partial charge in [0.1, 0.15) is 5.75 Å². The van der Waals surface area contributed by atoms with Gasteiger partial charge in [0.05, 0.1) is 0 Å². The minimum absolute atomic E-state index is 0.178. The molecule has 0 aliphatic carbocycles. The van der Waals surface area contributed by atoms with Crippen LogP contribution in [0, 0.1) is 0 Å². The zero-order chi connectivity index (χ0) is 8.97. The standard InChI is InChI=1S/C8H10N2O2/c1-9-8(12)10-6-2-4-7(11)5-3-6/h2-5,11H,1H3,(H2,9,10,12). The van der Waals surface area contributed by atoms with Crippen LogP contribution in [0.3, 0.4) is 0 Å². The molecule has 0 saturated carbocycles. The van der Waals surface area contributed by atoms with Crippen LogP contribution in [-0.2, 0) is 0 Å². The van der Waals surface area contributed by atoms with E-state index in [1.807, 2.05) is 0 Å². The van der Waals surface area contributed by atoms with Gasteiger partial charge in [-0.25, -0.2) is 4.79 Å². The lowest BCUT2D eigenvalue weighted by Gasteiger charge is -2.02. The zero-order valence-electron chi connectivity index (χ0n) is 6.66. The summed E-state index contributed by atoms with van der Waals surface area (Å²) in [5, 5.41) is 13.9. The van der Waals surface area contributed by atoms with E-state index >= 15 is 0 Å². The van der Waals surface area contributed by atoms with Crippen molar-refractivity contribution in [3.8, 4) is 5.75 Å². The molecule has 4 heteroatoms. The molecule has 1 aromatic rings. The van der Waals surface area contributed by atoms with Gasteiger partial charge in [0.2, 0.25) is 0 Å². The molecule has 0 aliphatic rings. The summed E-state index contributed by atoms with van der Waals surface area (Å²) in [4.78, 5) is 10.8. The molecule has 0 fully saturated rings. The molecule has 0 saturated heterocycles. The van der Waals surface area contributed by atoms with Crippen molar-refractivity contribution in [3.05, 3.63) is 24.3 Å². The Kier molecular flexibility index (Phi) is 2.53. The largest absolute Gasteiger partial charge is 0.508 e. The van der Waals surface area contributed by atoms with Crippen molar-refractivity contribution in [1.82, 2.24) is 5.32 Å². The SMILES string of the molecule is CNC(=O)Nc1ccc(O)cc1. The molecular weight excluding hydrogens is 156 g/mol. The molecular formula is C8H10N2O2. The van der Waals surface area contributed by atoms with E-state index in [9.17, 15) is 4.79 Å². The summed E-state index contributed by atoms with van der Waals surface area (Å²) in [6.45, 7) is 0. The van der Waals surface area contributed by atoms with E-state index in [1.165, 1.54) is 19.2 Å². The number of amides is 2. The van der Waals surface area contributed by atoms with Gasteiger partial charge < -0.3 is 15.7 Å². The maximum atomic E-state index is 10.8. The minimum atomic E-state index is -0.277. The summed E-state index contributed by atoms with van der Waals surface area (Å²) in [6.07, 6.45) is 0. The Morgan fingerprint density at radius 1 is 1.33 bits per heavy atom. The second kappa shape index (κ2) is 3.61. The average molecular weight is 166 g/mol. The third-order valence-electron chi connectivity index (χ3n) is 1.35. The van der Waals surface area contributed by atoms with Crippen LogP contribution in [-0.4, -0.2) is 18.2 Å². The van der Waals surface area contributed by atoms with E-state index in [2.05, 4.69) is 10.6 Å². The lowest BCUT2D eigenvalue weighted by Crippen LogP contribution is -2.24. The summed E-state index contributed by atoms with van der Waals surface area (Å²) in [7, 11) is 1.54. The average Bonchev–Trinajstić information content (AvgIpc) is 2.09. The van der Waals surface area contributed by atoms with Gasteiger partial charge >= 0.3 is 6.03 Å². The van der Waals surface area contributed by atoms with Crippen LogP contribution in [0.15, 0.2) is 24.3 Å². The van der Waals surface area contributed by atoms with Crippen LogP contribution < -0.4 is 10.6 Å². The molecule has 64 valence electrons. The molecule has 3 N–H and O–H groups in total. The Morgan fingerprint density at radius 2 is 1.92 bits per heavy atom. The Labute approximate surface area is 70.2 Å². The fourth-order valence-corrected chi connectivity index (χ4v) is 0.738. The normalized spacial score (nSPS) is 9.08. The molecule has 2 amide bonds. The predicted octanol–water partition coefficient (Wildman–Crippen LogP) is 1.14. The number of rotatable bonds is 1. The maximum Gasteiger partial charge on any atom is 0.318 e. The van der Waals surface area contributed by atoms with E-state index in [0.29, 0.717) is 5.69 Å². The molecule has 1 aromatic carbocycles. The number of hydrogen-bond acceptors (Lipinski definition) is 2. The molecule has 0 heterocycles. The van der Waals surface area contributed by atoms with Gasteiger partial charge in [0, 0.05) is 12.7 Å². The second-order valence-corrected chi connectivity index (χ2v) is 2.25. The molecule has 4 nitrogen and oxygen atoms in total. The number of aromatic hydroxyl groups is 1. The first kappa shape index (κ1) is 8.39. The number of anilines is 1. The molecule has 0 atom stereocenters. The van der Waals surface area contributed by atoms with Crippen molar-refractivity contribution in [2.75, 3.05) is 12.4 Å². The fourth-order valence-electron chi connectivity index (χ4n) is 0.738. The first-order chi connectivity index (χ1) is 5.72. The number of urea groups is 1. The highest BCUT2D eigenvalue weighted by Crippen LogP contribution is 2.13. The predicted molar refractivity (Wildman–Crippen MR) is 46.2 cm³/mol. The van der Waals surface area contributed by atoms with Crippen LogP contribution in [0.25, 0.3) is 0 Å². The molecule has 0 aliphatic heterocycles. The van der Waals surface area contributed by atoms with Gasteiger partial charge in [0.25, 0.3) is 0 Å². The van der Waals surface area contributed by atoms with Crippen LogP contribution in [0.1, 0.15) is 0 Å². The van der Waals surface area contributed by atoms with Gasteiger partial charge in [-0.05, 0) is 24.3 Å². The maximum absolute atomic E-state index is 10.8. The van der Waals surface area contributed by atoms with Crippen LogP contribution in [0.4, 0.5) is 10.5 Å². The number of carbonyl (C=O) groups excluding carboxylic acids is 1. The van der Waals surface area contributed by atoms with Gasteiger partial charge in [0.15, 0.2) is 0 Å². The number of carbonyl (C=O) groups is 1. The summed E-state index contributed by atoms with van der Waals surface area (Å²) < 4.78 is 0. The molecule has 12 heavy (non-hydrogen) atoms. The van der Waals surface area contributed by atoms with Crippen molar-refractivity contribution in [2.24, 2.45) is 0 Å². The van der Waals surface area contributed by atoms with Crippen molar-refractivity contribution in [2.45, 2.75) is 0 Å². The van der Waals surface area contributed by atoms with Gasteiger partial charge in [-0.2, -0.15) is 0 Å². The lowest BCUT2D eigenvalue weighted by atomic mass is 10.3. The Bertz CT molecular complexity index is 269. The highest BCUT2D eigenvalue weighted by atomic mass is 16.3. The first-order valence-corrected chi connectivity index (χ1v) is 3.50. The highest BCUT2D eigenvalue weighted by molar-refractivity contribution is 5.88. The van der Waals surface area contributed by atoms with Crippen LogP contribution >= 0.6 is 0 Å². The summed E-state index contributed by atoms with van der Waals surface area (Å²) >= 11 is 0. The van der Waals surface area contributed by atoms with E-state index in [1.54, 1.807) is 12.1 Å². The first-order valence-electron chi connectivity index (χ1n) is 3.50. The Hall–Kier alpha value is -1.71. The third-order valence-corrected chi connectivity index (χ3v) is 1.35. The van der Waals surface area contributed by atoms with Crippen molar-refractivity contribution in [1.29, 1.82) is 0 Å². The van der Waals surface area contributed by atoms with Gasteiger partial charge in [-0.1, -0.05) is 0 Å². The smallest absolute Gasteiger partial charge is 0.318 e. The minimum Gasteiger partial charge on any atom is -0.508 e.